The number of likely N-dealkylation sites (tertiary alicyclic amines) is 1. The van der Waals surface area contributed by atoms with Gasteiger partial charge in [0.1, 0.15) is 6.26 Å². The summed E-state index contributed by atoms with van der Waals surface area (Å²) in [7, 11) is 4.25. The molecule has 5 nitrogen and oxygen atoms in total. The maximum Gasteiger partial charge on any atom is 0.297 e. The molecule has 1 aromatic rings. The molecule has 19 heavy (non-hydrogen) atoms. The summed E-state index contributed by atoms with van der Waals surface area (Å²) in [6.07, 6.45) is 4.21. The minimum atomic E-state index is 0.463. The smallest absolute Gasteiger partial charge is 0.297 e. The van der Waals surface area contributed by atoms with Crippen LogP contribution in [0.2, 0.25) is 0 Å². The first-order valence-electron chi connectivity index (χ1n) is 7.15. The molecule has 1 unspecified atom stereocenters. The molecule has 0 amide bonds. The summed E-state index contributed by atoms with van der Waals surface area (Å²) in [6.45, 7) is 7.30. The van der Waals surface area contributed by atoms with Crippen LogP contribution >= 0.6 is 0 Å². The molecule has 0 radical (unpaired) electrons. The van der Waals surface area contributed by atoms with E-state index in [4.69, 9.17) is 4.42 Å². The van der Waals surface area contributed by atoms with Gasteiger partial charge in [0.15, 0.2) is 0 Å². The highest BCUT2D eigenvalue weighted by atomic mass is 16.4. The summed E-state index contributed by atoms with van der Waals surface area (Å²) in [5, 5.41) is 3.35. The molecule has 5 heteroatoms. The third-order valence-corrected chi connectivity index (χ3v) is 3.68. The van der Waals surface area contributed by atoms with Gasteiger partial charge in [-0.3, -0.25) is 0 Å². The Hall–Kier alpha value is -1.07. The first kappa shape index (κ1) is 14.3. The zero-order chi connectivity index (χ0) is 13.8. The highest BCUT2D eigenvalue weighted by Gasteiger charge is 2.23. The summed E-state index contributed by atoms with van der Waals surface area (Å²) >= 11 is 0. The highest BCUT2D eigenvalue weighted by molar-refractivity contribution is 5.28. The van der Waals surface area contributed by atoms with Crippen LogP contribution in [0.4, 0.5) is 6.01 Å². The minimum Gasteiger partial charge on any atom is -0.432 e. The molecule has 1 aliphatic heterocycles. The van der Waals surface area contributed by atoms with E-state index < -0.39 is 0 Å². The van der Waals surface area contributed by atoms with Gasteiger partial charge in [0.25, 0.3) is 6.01 Å². The first-order chi connectivity index (χ1) is 9.06. The summed E-state index contributed by atoms with van der Waals surface area (Å²) < 4.78 is 5.60. The second-order valence-corrected chi connectivity index (χ2v) is 5.83. The van der Waals surface area contributed by atoms with Crippen LogP contribution in [0.5, 0.6) is 0 Å². The van der Waals surface area contributed by atoms with Gasteiger partial charge in [0, 0.05) is 32.2 Å². The monoisotopic (exact) mass is 266 g/mol. The summed E-state index contributed by atoms with van der Waals surface area (Å²) in [4.78, 5) is 9.11. The predicted molar refractivity (Wildman–Crippen MR) is 77.4 cm³/mol. The van der Waals surface area contributed by atoms with Crippen LogP contribution < -0.4 is 10.2 Å². The van der Waals surface area contributed by atoms with E-state index in [1.54, 1.807) is 6.26 Å². The zero-order valence-corrected chi connectivity index (χ0v) is 12.5. The lowest BCUT2D eigenvalue weighted by molar-refractivity contribution is 0.244. The third kappa shape index (κ3) is 3.94. The van der Waals surface area contributed by atoms with Crippen molar-refractivity contribution < 1.29 is 4.42 Å². The highest BCUT2D eigenvalue weighted by Crippen LogP contribution is 2.20. The largest absolute Gasteiger partial charge is 0.432 e. The lowest BCUT2D eigenvalue weighted by atomic mass is 10.1. The van der Waals surface area contributed by atoms with Crippen LogP contribution in [0.3, 0.4) is 0 Å². The summed E-state index contributed by atoms with van der Waals surface area (Å²) in [5.74, 6) is 0. The molecular formula is C14H26N4O. The molecule has 1 fully saturated rings. The molecule has 2 rings (SSSR count). The number of nitrogens with zero attached hydrogens (tertiary/aromatic N) is 3. The molecular weight excluding hydrogens is 240 g/mol. The number of likely N-dealkylation sites (N-methyl/N-ethyl adjacent to an activating group) is 2. The molecule has 1 atom stereocenters. The van der Waals surface area contributed by atoms with Crippen molar-refractivity contribution in [3.8, 4) is 0 Å². The number of anilines is 1. The SMILES string of the molecule is CC(C)NCc1coc(N(C)C2CCCN(C)C2)n1. The van der Waals surface area contributed by atoms with Gasteiger partial charge >= 0.3 is 0 Å². The van der Waals surface area contributed by atoms with E-state index >= 15 is 0 Å². The van der Waals surface area contributed by atoms with E-state index in [1.165, 1.54) is 19.4 Å². The van der Waals surface area contributed by atoms with E-state index in [0.29, 0.717) is 12.1 Å². The molecule has 2 heterocycles. The van der Waals surface area contributed by atoms with Crippen molar-refractivity contribution in [1.82, 2.24) is 15.2 Å². The molecule has 1 saturated heterocycles. The van der Waals surface area contributed by atoms with Crippen LogP contribution in [0, 0.1) is 0 Å². The van der Waals surface area contributed by atoms with Crippen LogP contribution in [0.25, 0.3) is 0 Å². The third-order valence-electron chi connectivity index (χ3n) is 3.68. The topological polar surface area (TPSA) is 44.5 Å². The Kier molecular flexibility index (Phi) is 4.82. The van der Waals surface area contributed by atoms with Crippen molar-refractivity contribution in [3.63, 3.8) is 0 Å². The fourth-order valence-electron chi connectivity index (χ4n) is 2.46. The Balaban J connectivity index is 1.93. The van der Waals surface area contributed by atoms with Gasteiger partial charge in [-0.25, -0.2) is 0 Å². The zero-order valence-electron chi connectivity index (χ0n) is 12.5. The average molecular weight is 266 g/mol. The number of aromatic nitrogens is 1. The van der Waals surface area contributed by atoms with Gasteiger partial charge in [-0.05, 0) is 26.4 Å². The molecule has 0 spiro atoms. The van der Waals surface area contributed by atoms with Crippen LogP contribution in [0.15, 0.2) is 10.7 Å². The number of nitrogens with one attached hydrogen (secondary N) is 1. The van der Waals surface area contributed by atoms with E-state index in [2.05, 4.69) is 48.0 Å². The van der Waals surface area contributed by atoms with Gasteiger partial charge in [-0.15, -0.1) is 0 Å². The lowest BCUT2D eigenvalue weighted by Gasteiger charge is -2.34. The Labute approximate surface area is 116 Å². The van der Waals surface area contributed by atoms with Crippen LogP contribution in [0.1, 0.15) is 32.4 Å². The molecule has 0 bridgehead atoms. The molecule has 108 valence electrons. The van der Waals surface area contributed by atoms with Gasteiger partial charge in [-0.2, -0.15) is 4.98 Å². The fraction of sp³-hybridized carbons (Fsp3) is 0.786. The Morgan fingerprint density at radius 1 is 1.58 bits per heavy atom. The first-order valence-corrected chi connectivity index (χ1v) is 7.15. The lowest BCUT2D eigenvalue weighted by Crippen LogP contribution is -2.45. The van der Waals surface area contributed by atoms with E-state index in [-0.39, 0.29) is 0 Å². The standard InChI is InChI=1S/C14H26N4O/c1-11(2)15-8-12-10-19-14(16-12)18(4)13-6-5-7-17(3)9-13/h10-11,13,15H,5-9H2,1-4H3. The molecule has 1 aliphatic rings. The van der Waals surface area contributed by atoms with Crippen molar-refractivity contribution in [1.29, 1.82) is 0 Å². The maximum absolute atomic E-state index is 5.60. The number of piperidine rings is 1. The molecule has 1 aromatic heterocycles. The van der Waals surface area contributed by atoms with Gasteiger partial charge < -0.3 is 19.5 Å². The van der Waals surface area contributed by atoms with Gasteiger partial charge in [-0.1, -0.05) is 13.8 Å². The van der Waals surface area contributed by atoms with Crippen LogP contribution in [-0.2, 0) is 6.54 Å². The molecule has 0 saturated carbocycles. The second-order valence-electron chi connectivity index (χ2n) is 5.83. The number of rotatable bonds is 5. The fourth-order valence-corrected chi connectivity index (χ4v) is 2.46. The normalized spacial score (nSPS) is 21.0. The van der Waals surface area contributed by atoms with Gasteiger partial charge in [0.2, 0.25) is 0 Å². The number of oxazole rings is 1. The average Bonchev–Trinajstić information content (AvgIpc) is 2.84. The van der Waals surface area contributed by atoms with Crippen molar-refractivity contribution >= 4 is 6.01 Å². The van der Waals surface area contributed by atoms with Crippen molar-refractivity contribution in [2.45, 2.75) is 45.3 Å². The Morgan fingerprint density at radius 2 is 2.37 bits per heavy atom. The Morgan fingerprint density at radius 3 is 3.05 bits per heavy atom. The quantitative estimate of drug-likeness (QED) is 0.879. The van der Waals surface area contributed by atoms with E-state index in [0.717, 1.165) is 24.8 Å². The van der Waals surface area contributed by atoms with Crippen molar-refractivity contribution in [2.75, 3.05) is 32.1 Å². The molecule has 0 aromatic carbocycles. The van der Waals surface area contributed by atoms with E-state index in [1.807, 2.05) is 0 Å². The number of hydrogen-bond donors (Lipinski definition) is 1. The number of hydrogen-bond acceptors (Lipinski definition) is 5. The minimum absolute atomic E-state index is 0.463. The van der Waals surface area contributed by atoms with Crippen LogP contribution in [-0.4, -0.2) is 49.2 Å². The van der Waals surface area contributed by atoms with Crippen molar-refractivity contribution in [2.24, 2.45) is 0 Å². The second kappa shape index (κ2) is 6.39. The summed E-state index contributed by atoms with van der Waals surface area (Å²) in [6, 6.07) is 1.70. The summed E-state index contributed by atoms with van der Waals surface area (Å²) in [5.41, 5.74) is 0.972. The molecule has 0 aliphatic carbocycles. The maximum atomic E-state index is 5.60. The molecule has 1 N–H and O–H groups in total. The van der Waals surface area contributed by atoms with E-state index in [9.17, 15) is 0 Å². The van der Waals surface area contributed by atoms with Crippen molar-refractivity contribution in [3.05, 3.63) is 12.0 Å². The Bertz CT molecular complexity index is 391. The predicted octanol–water partition coefficient (Wildman–Crippen LogP) is 1.70. The van der Waals surface area contributed by atoms with Gasteiger partial charge in [0.05, 0.1) is 5.69 Å².